The molecule has 0 fully saturated rings. The smallest absolute Gasteiger partial charge is 0.114 e. The van der Waals surface area contributed by atoms with Crippen molar-refractivity contribution >= 4 is 37.3 Å². The molecule has 1 aromatic rings. The van der Waals surface area contributed by atoms with Gasteiger partial charge in [0.25, 0.3) is 0 Å². The highest BCUT2D eigenvalue weighted by Gasteiger charge is 2.38. The first-order valence-electron chi connectivity index (χ1n) is 8.93. The third kappa shape index (κ3) is 6.80. The molecule has 0 N–H and O–H groups in total. The Labute approximate surface area is 154 Å². The van der Waals surface area contributed by atoms with Gasteiger partial charge in [-0.3, -0.25) is 0 Å². The lowest BCUT2D eigenvalue weighted by molar-refractivity contribution is 0.133. The van der Waals surface area contributed by atoms with E-state index in [2.05, 4.69) is 81.3 Å². The first-order valence-corrected chi connectivity index (χ1v) is 17.0. The minimum absolute atomic E-state index is 0.563. The van der Waals surface area contributed by atoms with Crippen LogP contribution < -0.4 is 5.19 Å². The molecule has 0 heterocycles. The Morgan fingerprint density at radius 2 is 1.79 bits per heavy atom. The van der Waals surface area contributed by atoms with Crippen molar-refractivity contribution < 1.29 is 4.74 Å². The van der Waals surface area contributed by atoms with Crippen LogP contribution in [0.15, 0.2) is 30.8 Å². The van der Waals surface area contributed by atoms with Gasteiger partial charge in [0, 0.05) is 12.3 Å². The van der Waals surface area contributed by atoms with Crippen molar-refractivity contribution in [2.45, 2.75) is 58.7 Å². The van der Waals surface area contributed by atoms with Crippen molar-refractivity contribution in [3.05, 3.63) is 36.4 Å². The predicted molar refractivity (Wildman–Crippen MR) is 115 cm³/mol. The summed E-state index contributed by atoms with van der Waals surface area (Å²) in [6, 6.07) is 9.15. The van der Waals surface area contributed by atoms with Gasteiger partial charge in [0.1, 0.15) is 26.0 Å². The van der Waals surface area contributed by atoms with Gasteiger partial charge in [-0.05, 0) is 12.0 Å². The van der Waals surface area contributed by atoms with Gasteiger partial charge in [0.05, 0.1) is 6.61 Å². The van der Waals surface area contributed by atoms with E-state index in [0.717, 1.165) is 12.8 Å². The summed E-state index contributed by atoms with van der Waals surface area (Å²) in [7, 11) is -1.97. The second-order valence-corrected chi connectivity index (χ2v) is 19.6. The minimum atomic E-state index is -1.34. The highest BCUT2D eigenvalue weighted by molar-refractivity contribution is 6.89. The fourth-order valence-corrected chi connectivity index (χ4v) is 15.2. The van der Waals surface area contributed by atoms with Crippen LogP contribution in [0.3, 0.4) is 0 Å². The average molecular weight is 378 g/mol. The van der Waals surface area contributed by atoms with Gasteiger partial charge >= 0.3 is 0 Å². The molecule has 1 atom stereocenters. The second-order valence-electron chi connectivity index (χ2n) is 8.30. The van der Waals surface area contributed by atoms with Crippen LogP contribution in [0.4, 0.5) is 0 Å². The van der Waals surface area contributed by atoms with E-state index in [0.29, 0.717) is 15.6 Å². The largest absolute Gasteiger partial charge is 0.383 e. The molecule has 134 valence electrons. The van der Waals surface area contributed by atoms with Crippen LogP contribution in [-0.2, 0) is 4.74 Å². The predicted octanol–water partition coefficient (Wildman–Crippen LogP) is 4.38. The van der Waals surface area contributed by atoms with Gasteiger partial charge in [-0.15, -0.1) is 0 Å². The van der Waals surface area contributed by atoms with E-state index in [4.69, 9.17) is 4.74 Å². The number of benzene rings is 1. The lowest BCUT2D eigenvalue weighted by atomic mass is 10.2. The van der Waals surface area contributed by atoms with E-state index in [9.17, 15) is 0 Å². The number of rotatable bonds is 10. The molecule has 0 aromatic heterocycles. The third-order valence-corrected chi connectivity index (χ3v) is 12.8. The average Bonchev–Trinajstić information content (AvgIpc) is 2.47. The van der Waals surface area contributed by atoms with E-state index >= 15 is 0 Å². The Bertz CT molecular complexity index is 506. The van der Waals surface area contributed by atoms with E-state index in [1.54, 1.807) is 0 Å². The summed E-state index contributed by atoms with van der Waals surface area (Å²) in [5.74, 6) is 0. The van der Waals surface area contributed by atoms with Gasteiger partial charge in [-0.25, -0.2) is 0 Å². The van der Waals surface area contributed by atoms with E-state index < -0.39 is 16.5 Å². The topological polar surface area (TPSA) is 12.5 Å². The lowest BCUT2D eigenvalue weighted by Crippen LogP contribution is -2.64. The van der Waals surface area contributed by atoms with E-state index in [-0.39, 0.29) is 0 Å². The maximum atomic E-state index is 6.12. The minimum Gasteiger partial charge on any atom is -0.383 e. The van der Waals surface area contributed by atoms with Crippen molar-refractivity contribution in [3.8, 4) is 0 Å². The SMILES string of the molecule is C=Cc1cccc([Si]COCC(CC)N([Si](C)(C)C)[Si](C)(C)C)c1. The molecule has 1 rings (SSSR count). The normalized spacial score (nSPS) is 14.0. The standard InChI is InChI=1S/C19H35NOSi3/c1-9-17-12-11-13-19(14-17)22-16-21-15-18(10-2)20(23(3,4)5)24(6,7)8/h9,11-14,18H,1,10,15-16H2,2-8H3. The Balaban J connectivity index is 2.60. The molecule has 2 radical (unpaired) electrons. The molecule has 1 unspecified atom stereocenters. The molecule has 0 aliphatic heterocycles. The summed E-state index contributed by atoms with van der Waals surface area (Å²) in [5, 5.41) is 1.35. The molecule has 5 heteroatoms. The van der Waals surface area contributed by atoms with Gasteiger partial charge in [-0.2, -0.15) is 0 Å². The van der Waals surface area contributed by atoms with Gasteiger partial charge in [0.2, 0.25) is 0 Å². The van der Waals surface area contributed by atoms with Gasteiger partial charge < -0.3 is 8.97 Å². The van der Waals surface area contributed by atoms with E-state index in [1.807, 2.05) is 6.08 Å². The van der Waals surface area contributed by atoms with Crippen molar-refractivity contribution in [1.82, 2.24) is 4.23 Å². The molecule has 0 aliphatic rings. The summed E-state index contributed by atoms with van der Waals surface area (Å²) in [6.07, 6.45) is 3.90. The lowest BCUT2D eigenvalue weighted by Gasteiger charge is -2.48. The molecule has 0 saturated carbocycles. The Morgan fingerprint density at radius 3 is 2.29 bits per heavy atom. The molecule has 24 heavy (non-hydrogen) atoms. The number of hydrogen-bond acceptors (Lipinski definition) is 2. The molecular formula is C19H35NOSi3. The highest BCUT2D eigenvalue weighted by atomic mass is 28.4. The van der Waals surface area contributed by atoms with Crippen LogP contribution in [0.5, 0.6) is 0 Å². The number of hydrogen-bond donors (Lipinski definition) is 0. The molecule has 1 aromatic carbocycles. The Hall–Kier alpha value is -0.469. The second kappa shape index (κ2) is 9.29. The van der Waals surface area contributed by atoms with Crippen molar-refractivity contribution in [2.24, 2.45) is 0 Å². The number of nitrogens with zero attached hydrogens (tertiary/aromatic N) is 1. The van der Waals surface area contributed by atoms with Crippen molar-refractivity contribution in [1.29, 1.82) is 0 Å². The summed E-state index contributed by atoms with van der Waals surface area (Å²) in [4.78, 5) is 0. The fourth-order valence-electron chi connectivity index (χ4n) is 3.58. The molecule has 0 bridgehead atoms. The molecule has 0 amide bonds. The zero-order chi connectivity index (χ0) is 18.4. The Kier molecular flexibility index (Phi) is 8.35. The van der Waals surface area contributed by atoms with Crippen LogP contribution in [0.1, 0.15) is 18.9 Å². The van der Waals surface area contributed by atoms with Crippen LogP contribution in [0.25, 0.3) is 6.08 Å². The van der Waals surface area contributed by atoms with Crippen LogP contribution in [0, 0.1) is 0 Å². The third-order valence-electron chi connectivity index (χ3n) is 4.09. The van der Waals surface area contributed by atoms with Crippen LogP contribution in [-0.4, -0.2) is 49.1 Å². The summed E-state index contributed by atoms with van der Waals surface area (Å²) < 4.78 is 9.00. The molecule has 2 nitrogen and oxygen atoms in total. The maximum absolute atomic E-state index is 6.12. The molecule has 0 saturated heterocycles. The summed E-state index contributed by atoms with van der Waals surface area (Å²) in [6.45, 7) is 21.8. The summed E-state index contributed by atoms with van der Waals surface area (Å²) in [5.41, 5.74) is 1.19. The van der Waals surface area contributed by atoms with Crippen molar-refractivity contribution in [2.75, 3.05) is 12.8 Å². The monoisotopic (exact) mass is 377 g/mol. The van der Waals surface area contributed by atoms with Crippen LogP contribution in [0.2, 0.25) is 39.3 Å². The molecule has 0 spiro atoms. The summed E-state index contributed by atoms with van der Waals surface area (Å²) >= 11 is 0. The fraction of sp³-hybridized carbons (Fsp3) is 0.579. The van der Waals surface area contributed by atoms with Crippen molar-refractivity contribution in [3.63, 3.8) is 0 Å². The van der Waals surface area contributed by atoms with Gasteiger partial charge in [0.15, 0.2) is 0 Å². The number of ether oxygens (including phenoxy) is 1. The quantitative estimate of drug-likeness (QED) is 0.443. The van der Waals surface area contributed by atoms with Crippen LogP contribution >= 0.6 is 0 Å². The maximum Gasteiger partial charge on any atom is 0.114 e. The first kappa shape index (κ1) is 21.6. The van der Waals surface area contributed by atoms with Gasteiger partial charge in [-0.1, -0.05) is 88.3 Å². The zero-order valence-electron chi connectivity index (χ0n) is 16.6. The molecular weight excluding hydrogens is 342 g/mol. The van der Waals surface area contributed by atoms with E-state index in [1.165, 1.54) is 17.2 Å². The zero-order valence-corrected chi connectivity index (χ0v) is 19.6. The first-order chi connectivity index (χ1) is 11.1. The molecule has 0 aliphatic carbocycles. The highest BCUT2D eigenvalue weighted by Crippen LogP contribution is 2.24. The Morgan fingerprint density at radius 1 is 1.17 bits per heavy atom.